The molecule has 0 radical (unpaired) electrons. The third-order valence-corrected chi connectivity index (χ3v) is 10.4. The van der Waals surface area contributed by atoms with Crippen LogP contribution < -0.4 is 15.7 Å². The first-order chi connectivity index (χ1) is 23.6. The summed E-state index contributed by atoms with van der Waals surface area (Å²) in [4.78, 5) is 52.5. The maximum absolute atomic E-state index is 14.3. The first-order valence-electron chi connectivity index (χ1n) is 16.4. The van der Waals surface area contributed by atoms with Crippen LogP contribution in [-0.2, 0) is 19.6 Å². The molecule has 0 bridgehead atoms. The molecular formula is C38H37BrN6O4. The molecule has 10 nitrogen and oxygen atoms in total. The first-order valence-corrected chi connectivity index (χ1v) is 17.2. The number of rotatable bonds is 9. The molecule has 49 heavy (non-hydrogen) atoms. The van der Waals surface area contributed by atoms with Crippen molar-refractivity contribution in [1.82, 2.24) is 29.3 Å². The molecule has 2 aliphatic rings. The molecule has 1 saturated carbocycles. The van der Waals surface area contributed by atoms with Crippen LogP contribution in [0.1, 0.15) is 64.4 Å². The van der Waals surface area contributed by atoms with Gasteiger partial charge in [0.05, 0.1) is 30.2 Å². The minimum Gasteiger partial charge on any atom is -0.493 e. The van der Waals surface area contributed by atoms with Crippen LogP contribution in [0.15, 0.2) is 94.6 Å². The van der Waals surface area contributed by atoms with Gasteiger partial charge in [-0.1, -0.05) is 47.1 Å². The lowest BCUT2D eigenvalue weighted by Gasteiger charge is -2.34. The number of aromatic nitrogens is 4. The van der Waals surface area contributed by atoms with Crippen molar-refractivity contribution in [2.75, 3.05) is 6.61 Å². The summed E-state index contributed by atoms with van der Waals surface area (Å²) in [7, 11) is 0. The zero-order valence-corrected chi connectivity index (χ0v) is 29.2. The molecule has 0 unspecified atom stereocenters. The number of carbonyl (C=O) groups is 2. The Hall–Kier alpha value is -5.03. The van der Waals surface area contributed by atoms with Crippen molar-refractivity contribution in [2.45, 2.75) is 59.3 Å². The van der Waals surface area contributed by atoms with Gasteiger partial charge in [-0.05, 0) is 86.3 Å². The van der Waals surface area contributed by atoms with Crippen LogP contribution >= 0.6 is 15.9 Å². The van der Waals surface area contributed by atoms with Crippen LogP contribution in [0.25, 0.3) is 16.9 Å². The quantitative estimate of drug-likeness (QED) is 0.191. The summed E-state index contributed by atoms with van der Waals surface area (Å²) in [5.41, 5.74) is 5.06. The molecule has 250 valence electrons. The lowest BCUT2D eigenvalue weighted by Crippen LogP contribution is -2.47. The number of ether oxygens (including phenoxy) is 1. The fourth-order valence-electron chi connectivity index (χ4n) is 6.25. The van der Waals surface area contributed by atoms with E-state index >= 15 is 0 Å². The van der Waals surface area contributed by atoms with Crippen molar-refractivity contribution in [3.63, 3.8) is 0 Å². The maximum atomic E-state index is 14.3. The fraction of sp³-hybridized carbons (Fsp3) is 0.289. The SMILES string of the molecule is Cc1cc(C(=O)N2Cc3c(C(=O)NCc4ccccc4-c4ccncn4)n(-c4ccc(OCC5(C)CC5)cc4)c(=O)n3C[C@H]2C)ccc1Br. The minimum atomic E-state index is -0.424. The monoisotopic (exact) mass is 720 g/mol. The Morgan fingerprint density at radius 2 is 1.84 bits per heavy atom. The van der Waals surface area contributed by atoms with E-state index in [1.807, 2.05) is 68.4 Å². The summed E-state index contributed by atoms with van der Waals surface area (Å²) < 4.78 is 10.0. The fourth-order valence-corrected chi connectivity index (χ4v) is 6.49. The van der Waals surface area contributed by atoms with Crippen LogP contribution in [0.4, 0.5) is 0 Å². The van der Waals surface area contributed by atoms with Crippen LogP contribution in [0.3, 0.4) is 0 Å². The number of amides is 2. The average molecular weight is 722 g/mol. The highest BCUT2D eigenvalue weighted by Gasteiger charge is 2.38. The van der Waals surface area contributed by atoms with E-state index in [9.17, 15) is 14.4 Å². The van der Waals surface area contributed by atoms with E-state index in [0.717, 1.165) is 39.7 Å². The van der Waals surface area contributed by atoms with Gasteiger partial charge in [0.2, 0.25) is 0 Å². The van der Waals surface area contributed by atoms with Gasteiger partial charge in [0.1, 0.15) is 17.8 Å². The Kier molecular flexibility index (Phi) is 8.70. The second kappa shape index (κ2) is 13.1. The summed E-state index contributed by atoms with van der Waals surface area (Å²) in [6, 6.07) is 22.0. The van der Waals surface area contributed by atoms with Crippen LogP contribution in [0.2, 0.25) is 0 Å². The molecule has 0 saturated heterocycles. The predicted molar refractivity (Wildman–Crippen MR) is 190 cm³/mol. The largest absolute Gasteiger partial charge is 0.493 e. The molecule has 1 aliphatic carbocycles. The van der Waals surface area contributed by atoms with Crippen molar-refractivity contribution in [3.8, 4) is 22.7 Å². The molecular weight excluding hydrogens is 684 g/mol. The van der Waals surface area contributed by atoms with Crippen molar-refractivity contribution >= 4 is 27.7 Å². The molecule has 3 heterocycles. The normalized spacial score (nSPS) is 16.2. The number of nitrogens with zero attached hydrogens (tertiary/aromatic N) is 5. The van der Waals surface area contributed by atoms with Gasteiger partial charge in [-0.15, -0.1) is 0 Å². The topological polar surface area (TPSA) is 111 Å². The minimum absolute atomic E-state index is 0.0946. The summed E-state index contributed by atoms with van der Waals surface area (Å²) in [6.07, 6.45) is 5.47. The predicted octanol–water partition coefficient (Wildman–Crippen LogP) is 6.32. The van der Waals surface area contributed by atoms with E-state index in [4.69, 9.17) is 4.74 Å². The summed E-state index contributed by atoms with van der Waals surface area (Å²) >= 11 is 3.52. The molecule has 1 aliphatic heterocycles. The zero-order valence-electron chi connectivity index (χ0n) is 27.6. The van der Waals surface area contributed by atoms with E-state index in [2.05, 4.69) is 38.1 Å². The highest BCUT2D eigenvalue weighted by atomic mass is 79.9. The van der Waals surface area contributed by atoms with Crippen molar-refractivity contribution in [1.29, 1.82) is 0 Å². The highest BCUT2D eigenvalue weighted by Crippen LogP contribution is 2.45. The second-order valence-corrected chi connectivity index (χ2v) is 14.2. The zero-order chi connectivity index (χ0) is 34.3. The number of imidazole rings is 1. The third-order valence-electron chi connectivity index (χ3n) is 9.53. The average Bonchev–Trinajstić information content (AvgIpc) is 3.80. The van der Waals surface area contributed by atoms with Gasteiger partial charge in [-0.2, -0.15) is 0 Å². The van der Waals surface area contributed by atoms with E-state index in [1.165, 1.54) is 10.9 Å². The Balaban J connectivity index is 1.24. The lowest BCUT2D eigenvalue weighted by atomic mass is 10.0. The third kappa shape index (κ3) is 6.55. The number of fused-ring (bicyclic) bond motifs is 1. The number of carbonyl (C=O) groups excluding carboxylic acids is 2. The van der Waals surface area contributed by atoms with Gasteiger partial charge in [0.25, 0.3) is 11.8 Å². The van der Waals surface area contributed by atoms with Crippen LogP contribution in [0, 0.1) is 12.3 Å². The van der Waals surface area contributed by atoms with Crippen molar-refractivity contribution in [2.24, 2.45) is 5.41 Å². The standard InChI is InChI=1S/C38H37BrN6O4/c1-24-18-26(8-13-31(24)39)36(47)43-21-33-34(35(46)41-19-27-6-4-5-7-30(27)32-14-17-40-23-42-32)45(37(48)44(33)20-25(43)2)28-9-11-29(12-10-28)49-22-38(3)15-16-38/h4-14,17-18,23,25H,15-16,19-22H2,1-3H3,(H,41,46)/t25-/m1/s1. The Bertz CT molecular complexity index is 2100. The Morgan fingerprint density at radius 3 is 2.55 bits per heavy atom. The second-order valence-electron chi connectivity index (χ2n) is 13.3. The number of aryl methyl sites for hydroxylation is 1. The van der Waals surface area contributed by atoms with E-state index < -0.39 is 5.91 Å². The Morgan fingerprint density at radius 1 is 1.06 bits per heavy atom. The lowest BCUT2D eigenvalue weighted by molar-refractivity contribution is 0.0610. The van der Waals surface area contributed by atoms with E-state index in [0.29, 0.717) is 29.3 Å². The molecule has 0 spiro atoms. The van der Waals surface area contributed by atoms with Gasteiger partial charge in [-0.25, -0.2) is 14.8 Å². The first kappa shape index (κ1) is 32.5. The molecule has 5 aromatic rings. The molecule has 11 heteroatoms. The molecule has 3 aromatic carbocycles. The van der Waals surface area contributed by atoms with Crippen LogP contribution in [0.5, 0.6) is 5.75 Å². The van der Waals surface area contributed by atoms with Gasteiger partial charge in [0.15, 0.2) is 0 Å². The molecule has 2 aromatic heterocycles. The molecule has 1 N–H and O–H groups in total. The summed E-state index contributed by atoms with van der Waals surface area (Å²) in [5.74, 6) is 0.119. The number of nitrogens with one attached hydrogen (secondary N) is 1. The molecule has 2 amide bonds. The number of benzene rings is 3. The number of hydrogen-bond donors (Lipinski definition) is 1. The maximum Gasteiger partial charge on any atom is 0.333 e. The molecule has 1 atom stereocenters. The Labute approximate surface area is 292 Å². The van der Waals surface area contributed by atoms with Crippen LogP contribution in [-0.4, -0.2) is 48.5 Å². The van der Waals surface area contributed by atoms with Gasteiger partial charge in [-0.3, -0.25) is 18.7 Å². The van der Waals surface area contributed by atoms with Gasteiger partial charge in [0, 0.05) is 46.3 Å². The van der Waals surface area contributed by atoms with Crippen molar-refractivity contribution < 1.29 is 14.3 Å². The number of halogens is 1. The molecule has 7 rings (SSSR count). The van der Waals surface area contributed by atoms with Gasteiger partial charge < -0.3 is 15.0 Å². The smallest absolute Gasteiger partial charge is 0.333 e. The number of hydrogen-bond acceptors (Lipinski definition) is 6. The van der Waals surface area contributed by atoms with Crippen molar-refractivity contribution in [3.05, 3.63) is 128 Å². The van der Waals surface area contributed by atoms with Gasteiger partial charge >= 0.3 is 5.69 Å². The van der Waals surface area contributed by atoms with E-state index in [1.54, 1.807) is 33.9 Å². The molecule has 1 fully saturated rings. The summed E-state index contributed by atoms with van der Waals surface area (Å²) in [5, 5.41) is 3.07. The van der Waals surface area contributed by atoms with E-state index in [-0.39, 0.29) is 48.4 Å². The highest BCUT2D eigenvalue weighted by molar-refractivity contribution is 9.10. The summed E-state index contributed by atoms with van der Waals surface area (Å²) in [6.45, 7) is 7.24.